The summed E-state index contributed by atoms with van der Waals surface area (Å²) in [5.41, 5.74) is 16.9. The number of hydrogen-bond acceptors (Lipinski definition) is 6. The first-order chi connectivity index (χ1) is 24.5. The van der Waals surface area contributed by atoms with Crippen LogP contribution in [0.15, 0.2) is 77.9 Å². The minimum Gasteiger partial charge on any atom is -0.399 e. The number of halogens is 6. The third-order valence-corrected chi connectivity index (χ3v) is 8.57. The Morgan fingerprint density at radius 1 is 0.750 bits per heavy atom. The number of benzene rings is 4. The van der Waals surface area contributed by atoms with Crippen LogP contribution in [0.5, 0.6) is 0 Å². The van der Waals surface area contributed by atoms with Gasteiger partial charge in [-0.05, 0) is 127 Å². The zero-order valence-electron chi connectivity index (χ0n) is 28.5. The smallest absolute Gasteiger partial charge is 0.399 e. The second kappa shape index (κ2) is 16.9. The summed E-state index contributed by atoms with van der Waals surface area (Å²) in [6.45, 7) is 5.13. The van der Waals surface area contributed by atoms with Gasteiger partial charge in [0.15, 0.2) is 11.6 Å². The summed E-state index contributed by atoms with van der Waals surface area (Å²) in [6, 6.07) is 16.6. The van der Waals surface area contributed by atoms with Gasteiger partial charge >= 0.3 is 12.4 Å². The summed E-state index contributed by atoms with van der Waals surface area (Å²) in [5, 5.41) is 12.7. The molecule has 0 unspecified atom stereocenters. The van der Waals surface area contributed by atoms with Gasteiger partial charge in [-0.15, -0.1) is 0 Å². The molecule has 0 saturated carbocycles. The maximum absolute atomic E-state index is 13.4. The molecule has 0 radical (unpaired) electrons. The van der Waals surface area contributed by atoms with Crippen LogP contribution in [0.2, 0.25) is 0 Å². The molecule has 52 heavy (non-hydrogen) atoms. The number of rotatable bonds is 10. The molecule has 14 heteroatoms. The Morgan fingerprint density at radius 3 is 1.75 bits per heavy atom. The molecule has 1 fully saturated rings. The molecule has 1 aliphatic heterocycles. The van der Waals surface area contributed by atoms with Gasteiger partial charge in [-0.25, -0.2) is 0 Å². The van der Waals surface area contributed by atoms with E-state index in [0.29, 0.717) is 34.6 Å². The van der Waals surface area contributed by atoms with Crippen molar-refractivity contribution in [1.29, 1.82) is 0 Å². The fraction of sp³-hybridized carbons (Fsp3) is 0.316. The van der Waals surface area contributed by atoms with Crippen molar-refractivity contribution in [2.45, 2.75) is 65.0 Å². The van der Waals surface area contributed by atoms with Crippen LogP contribution in [0.1, 0.15) is 78.1 Å². The lowest BCUT2D eigenvalue weighted by atomic mass is 9.97. The van der Waals surface area contributed by atoms with Gasteiger partial charge in [-0.1, -0.05) is 29.4 Å². The number of nitrogen functional groups attached to an aromatic ring is 1. The zero-order valence-corrected chi connectivity index (χ0v) is 28.5. The number of aryl methyl sites for hydroxylation is 2. The number of hydrogen-bond donors (Lipinski definition) is 2. The molecule has 5 rings (SSSR count). The van der Waals surface area contributed by atoms with Crippen LogP contribution in [-0.4, -0.2) is 34.7 Å². The van der Waals surface area contributed by atoms with E-state index in [1.165, 1.54) is 6.07 Å². The average molecular weight is 726 g/mol. The van der Waals surface area contributed by atoms with Gasteiger partial charge in [0.05, 0.1) is 17.7 Å². The van der Waals surface area contributed by atoms with Gasteiger partial charge in [-0.2, -0.15) is 26.3 Å². The summed E-state index contributed by atoms with van der Waals surface area (Å²) in [4.78, 5) is 29.9. The van der Waals surface area contributed by atoms with Crippen molar-refractivity contribution in [1.82, 2.24) is 4.90 Å². The number of azide groups is 1. The fourth-order valence-electron chi connectivity index (χ4n) is 5.71. The topological polar surface area (TPSA) is 132 Å². The second-order valence-electron chi connectivity index (χ2n) is 12.7. The standard InChI is InChI=1S/C21H21F3N4O.C17H16F3NO2/c1-14-4-5-15(10-19(14)26-27-25)11-20(29)17-8-16(13-28-6-2-3-7-28)9-18(12-17)21(22,23)24;1-10-2-3-11(6-15(10)21)7-16(23)13-4-12(9-22)5-14(8-13)17(18,19)20/h4-5,8-10,12H,2-3,6-7,11,13H2,1H3;2-6,8,22H,7,9,21H2,1H3. The van der Waals surface area contributed by atoms with Gasteiger partial charge in [-0.3, -0.25) is 14.5 Å². The van der Waals surface area contributed by atoms with E-state index in [-0.39, 0.29) is 29.5 Å². The Morgan fingerprint density at radius 2 is 1.25 bits per heavy atom. The van der Waals surface area contributed by atoms with E-state index in [0.717, 1.165) is 61.3 Å². The number of aliphatic hydroxyl groups is 1. The quantitative estimate of drug-likeness (QED) is 0.0420. The first kappa shape index (κ1) is 39.6. The van der Waals surface area contributed by atoms with Gasteiger partial charge in [0.2, 0.25) is 0 Å². The fourth-order valence-corrected chi connectivity index (χ4v) is 5.71. The van der Waals surface area contributed by atoms with Crippen molar-refractivity contribution in [2.24, 2.45) is 5.11 Å². The van der Waals surface area contributed by atoms with E-state index >= 15 is 0 Å². The zero-order chi connectivity index (χ0) is 38.2. The Hall–Kier alpha value is -5.17. The largest absolute Gasteiger partial charge is 0.416 e. The molecule has 0 bridgehead atoms. The monoisotopic (exact) mass is 725 g/mol. The minimum atomic E-state index is -4.57. The van der Waals surface area contributed by atoms with Gasteiger partial charge in [0.1, 0.15) is 0 Å². The first-order valence-electron chi connectivity index (χ1n) is 16.3. The molecule has 4 aromatic rings. The molecular weight excluding hydrogens is 688 g/mol. The number of carbonyl (C=O) groups is 2. The highest BCUT2D eigenvalue weighted by atomic mass is 19.4. The van der Waals surface area contributed by atoms with Crippen molar-refractivity contribution in [3.63, 3.8) is 0 Å². The molecule has 1 saturated heterocycles. The molecule has 3 N–H and O–H groups in total. The number of Topliss-reactive ketones (excluding diaryl/α,β-unsaturated/α-hetero) is 2. The molecular formula is C38H37F6N5O3. The minimum absolute atomic E-state index is 0.0416. The number of alkyl halides is 6. The summed E-state index contributed by atoms with van der Waals surface area (Å²) >= 11 is 0. The van der Waals surface area contributed by atoms with Crippen LogP contribution < -0.4 is 5.73 Å². The highest BCUT2D eigenvalue weighted by Crippen LogP contribution is 2.33. The Balaban J connectivity index is 0.000000239. The van der Waals surface area contributed by atoms with E-state index in [1.807, 2.05) is 6.92 Å². The van der Waals surface area contributed by atoms with Crippen LogP contribution in [-0.2, 0) is 38.3 Å². The lowest BCUT2D eigenvalue weighted by Gasteiger charge is -2.17. The second-order valence-corrected chi connectivity index (χ2v) is 12.7. The number of nitrogens with two attached hydrogens (primary N) is 1. The highest BCUT2D eigenvalue weighted by molar-refractivity contribution is 5.98. The molecule has 8 nitrogen and oxygen atoms in total. The van der Waals surface area contributed by atoms with Gasteiger partial charge in [0, 0.05) is 46.8 Å². The van der Waals surface area contributed by atoms with Crippen LogP contribution in [0.25, 0.3) is 10.4 Å². The highest BCUT2D eigenvalue weighted by Gasteiger charge is 2.33. The van der Waals surface area contributed by atoms with Crippen molar-refractivity contribution in [3.8, 4) is 0 Å². The Bertz CT molecular complexity index is 1980. The van der Waals surface area contributed by atoms with Crippen LogP contribution in [0, 0.1) is 13.8 Å². The molecule has 4 aromatic carbocycles. The predicted molar refractivity (Wildman–Crippen MR) is 185 cm³/mol. The number of likely N-dealkylation sites (tertiary alicyclic amines) is 1. The Labute approximate surface area is 296 Å². The number of anilines is 1. The Kier molecular flexibility index (Phi) is 12.9. The average Bonchev–Trinajstić information content (AvgIpc) is 3.60. The van der Waals surface area contributed by atoms with Crippen LogP contribution >= 0.6 is 0 Å². The molecule has 1 aliphatic rings. The summed E-state index contributed by atoms with van der Waals surface area (Å²) < 4.78 is 78.7. The maximum atomic E-state index is 13.4. The summed E-state index contributed by atoms with van der Waals surface area (Å²) in [5.74, 6) is -0.872. The normalized spacial score (nSPS) is 13.2. The van der Waals surface area contributed by atoms with Gasteiger partial charge < -0.3 is 10.8 Å². The molecule has 274 valence electrons. The summed E-state index contributed by atoms with van der Waals surface area (Å²) in [7, 11) is 0. The number of aliphatic hydroxyl groups excluding tert-OH is 1. The van der Waals surface area contributed by atoms with Gasteiger partial charge in [0.25, 0.3) is 0 Å². The lowest BCUT2D eigenvalue weighted by molar-refractivity contribution is -0.138. The summed E-state index contributed by atoms with van der Waals surface area (Å²) in [6.07, 6.45) is -7.16. The van der Waals surface area contributed by atoms with Crippen molar-refractivity contribution < 1.29 is 41.0 Å². The van der Waals surface area contributed by atoms with E-state index in [4.69, 9.17) is 16.4 Å². The lowest BCUT2D eigenvalue weighted by Crippen LogP contribution is -2.19. The van der Waals surface area contributed by atoms with E-state index < -0.39 is 41.7 Å². The van der Waals surface area contributed by atoms with Crippen molar-refractivity contribution in [3.05, 3.63) is 139 Å². The molecule has 0 spiro atoms. The first-order valence-corrected chi connectivity index (χ1v) is 16.3. The number of carbonyl (C=O) groups excluding carboxylic acids is 2. The molecule has 1 heterocycles. The van der Waals surface area contributed by atoms with Crippen LogP contribution in [0.4, 0.5) is 37.7 Å². The molecule has 0 amide bonds. The van der Waals surface area contributed by atoms with Crippen molar-refractivity contribution >= 4 is 22.9 Å². The van der Waals surface area contributed by atoms with Crippen molar-refractivity contribution in [2.75, 3.05) is 18.8 Å². The predicted octanol–water partition coefficient (Wildman–Crippen LogP) is 9.49. The maximum Gasteiger partial charge on any atom is 0.416 e. The SMILES string of the molecule is Cc1ccc(CC(=O)c2cc(CN3CCCC3)cc(C(F)(F)F)c2)cc1N=[N+]=[N-].Cc1ccc(CC(=O)c2cc(CO)cc(C(F)(F)F)c2)cc1N. The van der Waals surface area contributed by atoms with E-state index in [1.54, 1.807) is 49.4 Å². The third-order valence-electron chi connectivity index (χ3n) is 8.57. The molecule has 0 aliphatic carbocycles. The third kappa shape index (κ3) is 10.9. The van der Waals surface area contributed by atoms with E-state index in [9.17, 15) is 35.9 Å². The molecule has 0 atom stereocenters. The number of ketones is 2. The number of nitrogens with zero attached hydrogens (tertiary/aromatic N) is 4. The van der Waals surface area contributed by atoms with Crippen LogP contribution in [0.3, 0.4) is 0 Å². The van der Waals surface area contributed by atoms with E-state index in [2.05, 4.69) is 14.9 Å². The molecule has 0 aromatic heterocycles.